The van der Waals surface area contributed by atoms with Crippen LogP contribution in [-0.2, 0) is 20.5 Å². The molecule has 0 saturated carbocycles. The summed E-state index contributed by atoms with van der Waals surface area (Å²) in [5.74, 6) is -2.09. The number of amides is 1. The number of nitrogens with zero attached hydrogens (tertiary/aromatic N) is 1. The summed E-state index contributed by atoms with van der Waals surface area (Å²) in [6, 6.07) is 4.60. The Morgan fingerprint density at radius 3 is 2.60 bits per heavy atom. The first kappa shape index (κ1) is 19.0. The number of carbonyl (C=O) groups is 2. The van der Waals surface area contributed by atoms with Crippen molar-refractivity contribution in [3.63, 3.8) is 0 Å². The number of carbonyl (C=O) groups excluding carboxylic acids is 1. The summed E-state index contributed by atoms with van der Waals surface area (Å²) in [4.78, 5) is 24.9. The number of ether oxygens (including phenoxy) is 2. The zero-order valence-corrected chi connectivity index (χ0v) is 13.5. The van der Waals surface area contributed by atoms with E-state index in [4.69, 9.17) is 9.47 Å². The second-order valence-electron chi connectivity index (χ2n) is 5.87. The van der Waals surface area contributed by atoms with E-state index in [1.54, 1.807) is 0 Å². The molecule has 6 nitrogen and oxygen atoms in total. The topological polar surface area (TPSA) is 76.1 Å². The lowest BCUT2D eigenvalue weighted by atomic mass is 9.88. The Bertz CT molecular complexity index is 649. The molecule has 1 aromatic rings. The first-order valence-corrected chi connectivity index (χ1v) is 7.49. The fraction of sp³-hybridized carbons (Fsp3) is 0.500. The highest BCUT2D eigenvalue weighted by Gasteiger charge is 2.46. The Labute approximate surface area is 142 Å². The molecule has 1 aliphatic rings. The van der Waals surface area contributed by atoms with Crippen LogP contribution in [0.2, 0.25) is 0 Å². The third kappa shape index (κ3) is 4.22. The number of alkyl halides is 3. The monoisotopic (exact) mass is 361 g/mol. The van der Waals surface area contributed by atoms with Crippen molar-refractivity contribution in [3.8, 4) is 5.75 Å². The van der Waals surface area contributed by atoms with E-state index in [-0.39, 0.29) is 26.1 Å². The van der Waals surface area contributed by atoms with Gasteiger partial charge in [-0.15, -0.1) is 0 Å². The van der Waals surface area contributed by atoms with Gasteiger partial charge in [0.15, 0.2) is 6.61 Å². The number of para-hydroxylation sites is 1. The molecule has 25 heavy (non-hydrogen) atoms. The summed E-state index contributed by atoms with van der Waals surface area (Å²) >= 11 is 0. The smallest absolute Gasteiger partial charge is 0.419 e. The quantitative estimate of drug-likeness (QED) is 0.839. The molecule has 138 valence electrons. The van der Waals surface area contributed by atoms with E-state index in [2.05, 4.69) is 0 Å². The molecule has 1 saturated heterocycles. The minimum Gasteiger partial charge on any atom is -0.483 e. The Balaban J connectivity index is 2.02. The van der Waals surface area contributed by atoms with Gasteiger partial charge in [0.25, 0.3) is 5.91 Å². The maximum absolute atomic E-state index is 12.9. The zero-order chi connectivity index (χ0) is 18.7. The van der Waals surface area contributed by atoms with Crippen LogP contribution in [0.5, 0.6) is 5.75 Å². The van der Waals surface area contributed by atoms with E-state index < -0.39 is 41.4 Å². The molecule has 0 aromatic heterocycles. The van der Waals surface area contributed by atoms with Gasteiger partial charge in [-0.1, -0.05) is 12.1 Å². The van der Waals surface area contributed by atoms with Gasteiger partial charge in [0.1, 0.15) is 11.2 Å². The van der Waals surface area contributed by atoms with Crippen LogP contribution < -0.4 is 4.74 Å². The molecule has 1 atom stereocenters. The Morgan fingerprint density at radius 2 is 2.00 bits per heavy atom. The summed E-state index contributed by atoms with van der Waals surface area (Å²) in [5, 5.41) is 9.35. The minimum atomic E-state index is -4.59. The predicted molar refractivity (Wildman–Crippen MR) is 80.1 cm³/mol. The first-order valence-electron chi connectivity index (χ1n) is 7.49. The van der Waals surface area contributed by atoms with Crippen molar-refractivity contribution in [2.45, 2.75) is 12.6 Å². The molecule has 1 heterocycles. The van der Waals surface area contributed by atoms with Crippen LogP contribution in [0, 0.1) is 5.41 Å². The molecule has 0 spiro atoms. The molecular weight excluding hydrogens is 343 g/mol. The van der Waals surface area contributed by atoms with Gasteiger partial charge in [0, 0.05) is 20.2 Å². The van der Waals surface area contributed by atoms with Gasteiger partial charge >= 0.3 is 12.1 Å². The lowest BCUT2D eigenvalue weighted by Gasteiger charge is -2.24. The minimum absolute atomic E-state index is 0.0517. The maximum atomic E-state index is 12.9. The fourth-order valence-electron chi connectivity index (χ4n) is 2.77. The summed E-state index contributed by atoms with van der Waals surface area (Å²) in [6.45, 7) is -0.544. The first-order chi connectivity index (χ1) is 11.7. The number of carboxylic acid groups (broad SMARTS) is 1. The van der Waals surface area contributed by atoms with E-state index in [1.165, 1.54) is 24.1 Å². The Kier molecular flexibility index (Phi) is 5.56. The molecule has 1 N–H and O–H groups in total. The van der Waals surface area contributed by atoms with E-state index >= 15 is 0 Å². The third-order valence-electron chi connectivity index (χ3n) is 4.12. The molecule has 0 radical (unpaired) electrons. The van der Waals surface area contributed by atoms with Crippen LogP contribution in [0.25, 0.3) is 0 Å². The number of aliphatic carboxylic acids is 1. The van der Waals surface area contributed by atoms with Crippen LogP contribution in [0.3, 0.4) is 0 Å². The van der Waals surface area contributed by atoms with Crippen molar-refractivity contribution in [3.05, 3.63) is 29.8 Å². The average molecular weight is 361 g/mol. The highest BCUT2D eigenvalue weighted by atomic mass is 19.4. The standard InChI is InChI=1S/C16H18F3NO5/c1-24-10-15(14(22)23)6-7-20(9-15)13(21)8-25-12-5-3-2-4-11(12)16(17,18)19/h2-5H,6-10H2,1H3,(H,22,23). The van der Waals surface area contributed by atoms with E-state index in [1.807, 2.05) is 0 Å². The largest absolute Gasteiger partial charge is 0.483 e. The lowest BCUT2D eigenvalue weighted by Crippen LogP contribution is -2.41. The Hall–Kier alpha value is -2.29. The fourth-order valence-corrected chi connectivity index (χ4v) is 2.77. The van der Waals surface area contributed by atoms with E-state index in [0.29, 0.717) is 0 Å². The van der Waals surface area contributed by atoms with Crippen LogP contribution in [0.1, 0.15) is 12.0 Å². The number of methoxy groups -OCH3 is 1. The normalized spacial score (nSPS) is 20.6. The Morgan fingerprint density at radius 1 is 1.32 bits per heavy atom. The van der Waals surface area contributed by atoms with Crippen LogP contribution in [0.15, 0.2) is 24.3 Å². The van der Waals surface area contributed by atoms with Gasteiger partial charge in [-0.3, -0.25) is 9.59 Å². The maximum Gasteiger partial charge on any atom is 0.419 e. The average Bonchev–Trinajstić information content (AvgIpc) is 2.98. The zero-order valence-electron chi connectivity index (χ0n) is 13.5. The summed E-state index contributed by atoms with van der Waals surface area (Å²) in [7, 11) is 1.37. The number of likely N-dealkylation sites (tertiary alicyclic amines) is 1. The molecule has 1 unspecified atom stereocenters. The van der Waals surface area contributed by atoms with Gasteiger partial charge in [-0.05, 0) is 18.6 Å². The molecular formula is C16H18F3NO5. The lowest BCUT2D eigenvalue weighted by molar-refractivity contribution is -0.152. The van der Waals surface area contributed by atoms with Crippen molar-refractivity contribution >= 4 is 11.9 Å². The number of halogens is 3. The molecule has 9 heteroatoms. The van der Waals surface area contributed by atoms with Gasteiger partial charge in [0.05, 0.1) is 12.2 Å². The molecule has 2 rings (SSSR count). The number of carboxylic acids is 1. The van der Waals surface area contributed by atoms with Crippen LogP contribution in [-0.4, -0.2) is 55.3 Å². The van der Waals surface area contributed by atoms with E-state index in [9.17, 15) is 27.9 Å². The summed E-state index contributed by atoms with van der Waals surface area (Å²) in [6.07, 6.45) is -4.38. The van der Waals surface area contributed by atoms with Crippen molar-refractivity contribution < 1.29 is 37.3 Å². The highest BCUT2D eigenvalue weighted by molar-refractivity contribution is 5.81. The summed E-state index contributed by atoms with van der Waals surface area (Å²) < 4.78 is 48.6. The second-order valence-corrected chi connectivity index (χ2v) is 5.87. The van der Waals surface area contributed by atoms with Crippen LogP contribution >= 0.6 is 0 Å². The van der Waals surface area contributed by atoms with Gasteiger partial charge < -0.3 is 19.5 Å². The van der Waals surface area contributed by atoms with Crippen molar-refractivity contribution in [1.82, 2.24) is 4.90 Å². The van der Waals surface area contributed by atoms with Gasteiger partial charge in [-0.25, -0.2) is 0 Å². The molecule has 1 fully saturated rings. The summed E-state index contributed by atoms with van der Waals surface area (Å²) in [5.41, 5.74) is -2.17. The second kappa shape index (κ2) is 7.30. The van der Waals surface area contributed by atoms with Gasteiger partial charge in [0.2, 0.25) is 0 Å². The number of rotatable bonds is 6. The highest BCUT2D eigenvalue weighted by Crippen LogP contribution is 2.36. The van der Waals surface area contributed by atoms with E-state index in [0.717, 1.165) is 12.1 Å². The van der Waals surface area contributed by atoms with Gasteiger partial charge in [-0.2, -0.15) is 13.2 Å². The van der Waals surface area contributed by atoms with Crippen molar-refractivity contribution in [2.24, 2.45) is 5.41 Å². The molecule has 1 aromatic carbocycles. The molecule has 1 aliphatic heterocycles. The number of hydrogen-bond acceptors (Lipinski definition) is 4. The number of hydrogen-bond donors (Lipinski definition) is 1. The molecule has 1 amide bonds. The molecule has 0 aliphatic carbocycles. The number of benzene rings is 1. The molecule has 0 bridgehead atoms. The van der Waals surface area contributed by atoms with Crippen LogP contribution in [0.4, 0.5) is 13.2 Å². The third-order valence-corrected chi connectivity index (χ3v) is 4.12. The van der Waals surface area contributed by atoms with Crippen molar-refractivity contribution in [2.75, 3.05) is 33.4 Å². The SMILES string of the molecule is COCC1(C(=O)O)CCN(C(=O)COc2ccccc2C(F)(F)F)C1. The predicted octanol–water partition coefficient (Wildman–Crippen LogP) is 2.03. The van der Waals surface area contributed by atoms with Crippen molar-refractivity contribution in [1.29, 1.82) is 0 Å².